The first-order valence-corrected chi connectivity index (χ1v) is 9.78. The maximum atomic E-state index is 12.6. The summed E-state index contributed by atoms with van der Waals surface area (Å²) in [6.07, 6.45) is 0.832. The van der Waals surface area contributed by atoms with Crippen LogP contribution in [0.1, 0.15) is 45.4 Å². The Kier molecular flexibility index (Phi) is 7.61. The third kappa shape index (κ3) is 4.53. The molecule has 0 spiro atoms. The number of pyridine rings is 1. The van der Waals surface area contributed by atoms with E-state index in [2.05, 4.69) is 20.9 Å². The van der Waals surface area contributed by atoms with E-state index in [-0.39, 0.29) is 11.1 Å². The molecule has 0 unspecified atom stereocenters. The molecule has 8 heteroatoms. The number of halogens is 1. The smallest absolute Gasteiger partial charge is 0.340 e. The van der Waals surface area contributed by atoms with Crippen LogP contribution in [0.15, 0.2) is 16.6 Å². The van der Waals surface area contributed by atoms with Crippen LogP contribution >= 0.6 is 15.9 Å². The quantitative estimate of drug-likeness (QED) is 0.556. The van der Waals surface area contributed by atoms with Gasteiger partial charge in [-0.1, -0.05) is 6.92 Å². The number of carbonyl (C=O) groups excluding carboxylic acids is 2. The van der Waals surface area contributed by atoms with Crippen LogP contribution < -0.4 is 9.47 Å². The summed E-state index contributed by atoms with van der Waals surface area (Å²) in [5.41, 5.74) is 2.20. The van der Waals surface area contributed by atoms with E-state index < -0.39 is 11.9 Å². The first-order chi connectivity index (χ1) is 13.8. The largest absolute Gasteiger partial charge is 0.493 e. The number of rotatable bonds is 7. The summed E-state index contributed by atoms with van der Waals surface area (Å²) in [7, 11) is 4.08. The van der Waals surface area contributed by atoms with Crippen molar-refractivity contribution < 1.29 is 28.5 Å². The van der Waals surface area contributed by atoms with E-state index in [1.54, 1.807) is 26.0 Å². The molecule has 1 aromatic heterocycles. The molecular formula is C21H24BrNO6. The standard InChI is InChI=1S/C21H24BrNO6/c1-7-8-29-19-14(22)9-13(10-15(19)26-4)18-16(20(24)27-5)11(2)23-12(3)17(18)21(25)28-6/h9-10H,7-8H2,1-6H3. The monoisotopic (exact) mass is 465 g/mol. The van der Waals surface area contributed by atoms with E-state index in [4.69, 9.17) is 18.9 Å². The highest BCUT2D eigenvalue weighted by atomic mass is 79.9. The predicted octanol–water partition coefficient (Wildman–Crippen LogP) is 4.50. The van der Waals surface area contributed by atoms with Gasteiger partial charge in [0.15, 0.2) is 11.5 Å². The summed E-state index contributed by atoms with van der Waals surface area (Å²) in [5.74, 6) is -0.200. The van der Waals surface area contributed by atoms with E-state index in [0.29, 0.717) is 45.1 Å². The van der Waals surface area contributed by atoms with E-state index in [0.717, 1.165) is 6.42 Å². The lowest BCUT2D eigenvalue weighted by Gasteiger charge is -2.19. The molecule has 0 aliphatic carbocycles. The summed E-state index contributed by atoms with van der Waals surface area (Å²) in [6, 6.07) is 3.48. The maximum Gasteiger partial charge on any atom is 0.340 e. The fraction of sp³-hybridized carbons (Fsp3) is 0.381. The Morgan fingerprint density at radius 3 is 2.00 bits per heavy atom. The normalized spacial score (nSPS) is 10.4. The van der Waals surface area contributed by atoms with Gasteiger partial charge in [0.1, 0.15) is 0 Å². The van der Waals surface area contributed by atoms with Gasteiger partial charge in [-0.3, -0.25) is 4.98 Å². The maximum absolute atomic E-state index is 12.6. The Labute approximate surface area is 178 Å². The van der Waals surface area contributed by atoms with E-state index >= 15 is 0 Å². The first kappa shape index (κ1) is 22.7. The molecule has 0 saturated carbocycles. The van der Waals surface area contributed by atoms with Crippen molar-refractivity contribution in [1.29, 1.82) is 0 Å². The number of nitrogens with zero attached hydrogens (tertiary/aromatic N) is 1. The van der Waals surface area contributed by atoms with Crippen molar-refractivity contribution in [1.82, 2.24) is 4.98 Å². The summed E-state index contributed by atoms with van der Waals surface area (Å²) in [4.78, 5) is 29.5. The Bertz CT molecular complexity index is 901. The number of hydrogen-bond donors (Lipinski definition) is 0. The first-order valence-electron chi connectivity index (χ1n) is 8.99. The summed E-state index contributed by atoms with van der Waals surface area (Å²) < 4.78 is 21.8. The number of ether oxygens (including phenoxy) is 4. The van der Waals surface area contributed by atoms with Gasteiger partial charge < -0.3 is 18.9 Å². The topological polar surface area (TPSA) is 84.0 Å². The molecule has 0 amide bonds. The second-order valence-corrected chi connectivity index (χ2v) is 7.08. The van der Waals surface area contributed by atoms with Gasteiger partial charge in [-0.25, -0.2) is 9.59 Å². The van der Waals surface area contributed by atoms with Gasteiger partial charge in [-0.2, -0.15) is 0 Å². The zero-order chi connectivity index (χ0) is 21.7. The lowest BCUT2D eigenvalue weighted by atomic mass is 9.92. The minimum Gasteiger partial charge on any atom is -0.493 e. The average Bonchev–Trinajstić information content (AvgIpc) is 2.70. The number of carbonyl (C=O) groups is 2. The van der Waals surface area contributed by atoms with Gasteiger partial charge in [-0.05, 0) is 53.9 Å². The number of methoxy groups -OCH3 is 3. The lowest BCUT2D eigenvalue weighted by Crippen LogP contribution is -2.16. The Balaban J connectivity index is 2.90. The minimum absolute atomic E-state index is 0.190. The second kappa shape index (κ2) is 9.73. The Morgan fingerprint density at radius 1 is 1.00 bits per heavy atom. The van der Waals surface area contributed by atoms with Crippen LogP contribution in [0.5, 0.6) is 11.5 Å². The number of aromatic nitrogens is 1. The lowest BCUT2D eigenvalue weighted by molar-refractivity contribution is 0.0599. The molecule has 0 bridgehead atoms. The van der Waals surface area contributed by atoms with Crippen LogP contribution in [0, 0.1) is 13.8 Å². The number of hydrogen-bond acceptors (Lipinski definition) is 7. The highest BCUT2D eigenvalue weighted by molar-refractivity contribution is 9.10. The van der Waals surface area contributed by atoms with Crippen molar-refractivity contribution in [3.05, 3.63) is 39.1 Å². The van der Waals surface area contributed by atoms with Crippen molar-refractivity contribution >= 4 is 27.9 Å². The highest BCUT2D eigenvalue weighted by Gasteiger charge is 2.28. The average molecular weight is 466 g/mol. The number of esters is 2. The fourth-order valence-electron chi connectivity index (χ4n) is 3.05. The second-order valence-electron chi connectivity index (χ2n) is 6.23. The third-order valence-corrected chi connectivity index (χ3v) is 4.90. The predicted molar refractivity (Wildman–Crippen MR) is 112 cm³/mol. The van der Waals surface area contributed by atoms with Gasteiger partial charge in [0.05, 0.1) is 54.9 Å². The molecule has 2 rings (SSSR count). The molecule has 0 atom stereocenters. The van der Waals surface area contributed by atoms with Gasteiger partial charge in [-0.15, -0.1) is 0 Å². The molecule has 0 fully saturated rings. The molecule has 29 heavy (non-hydrogen) atoms. The van der Waals surface area contributed by atoms with Crippen molar-refractivity contribution in [2.45, 2.75) is 27.2 Å². The summed E-state index contributed by atoms with van der Waals surface area (Å²) >= 11 is 3.51. The fourth-order valence-corrected chi connectivity index (χ4v) is 3.61. The highest BCUT2D eigenvalue weighted by Crippen LogP contribution is 2.42. The zero-order valence-electron chi connectivity index (χ0n) is 17.3. The molecular weight excluding hydrogens is 442 g/mol. The molecule has 0 saturated heterocycles. The molecule has 0 aliphatic rings. The van der Waals surface area contributed by atoms with E-state index in [9.17, 15) is 9.59 Å². The van der Waals surface area contributed by atoms with Crippen molar-refractivity contribution in [2.75, 3.05) is 27.9 Å². The number of aryl methyl sites for hydroxylation is 2. The molecule has 0 N–H and O–H groups in total. The van der Waals surface area contributed by atoms with Crippen LogP contribution in [-0.4, -0.2) is 44.9 Å². The molecule has 0 aliphatic heterocycles. The molecule has 156 valence electrons. The molecule has 1 heterocycles. The van der Waals surface area contributed by atoms with Gasteiger partial charge in [0.2, 0.25) is 0 Å². The molecule has 7 nitrogen and oxygen atoms in total. The summed E-state index contributed by atoms with van der Waals surface area (Å²) in [6.45, 7) is 5.90. The van der Waals surface area contributed by atoms with Crippen LogP contribution in [0.3, 0.4) is 0 Å². The number of benzene rings is 1. The van der Waals surface area contributed by atoms with Gasteiger partial charge in [0.25, 0.3) is 0 Å². The SMILES string of the molecule is CCCOc1c(Br)cc(-c2c(C(=O)OC)c(C)nc(C)c2C(=O)OC)cc1OC. The Morgan fingerprint density at radius 2 is 1.55 bits per heavy atom. The Hall–Kier alpha value is -2.61. The minimum atomic E-state index is -0.600. The molecule has 2 aromatic rings. The third-order valence-electron chi connectivity index (χ3n) is 4.31. The molecule has 1 aromatic carbocycles. The van der Waals surface area contributed by atoms with Crippen LogP contribution in [0.25, 0.3) is 11.1 Å². The summed E-state index contributed by atoms with van der Waals surface area (Å²) in [5, 5.41) is 0. The van der Waals surface area contributed by atoms with Crippen LogP contribution in [-0.2, 0) is 9.47 Å². The van der Waals surface area contributed by atoms with Crippen molar-refractivity contribution in [2.24, 2.45) is 0 Å². The molecule has 0 radical (unpaired) electrons. The zero-order valence-corrected chi connectivity index (χ0v) is 18.9. The van der Waals surface area contributed by atoms with Crippen LogP contribution in [0.2, 0.25) is 0 Å². The van der Waals surface area contributed by atoms with E-state index in [1.807, 2.05) is 6.92 Å². The van der Waals surface area contributed by atoms with Crippen LogP contribution in [0.4, 0.5) is 0 Å². The van der Waals surface area contributed by atoms with Gasteiger partial charge >= 0.3 is 11.9 Å². The van der Waals surface area contributed by atoms with Crippen molar-refractivity contribution in [3.8, 4) is 22.6 Å². The van der Waals surface area contributed by atoms with Crippen molar-refractivity contribution in [3.63, 3.8) is 0 Å². The van der Waals surface area contributed by atoms with E-state index in [1.165, 1.54) is 21.3 Å². The van der Waals surface area contributed by atoms with Gasteiger partial charge in [0, 0.05) is 5.56 Å².